The zero-order chi connectivity index (χ0) is 14.6. The molecule has 19 heavy (non-hydrogen) atoms. The third-order valence-corrected chi connectivity index (χ3v) is 4.00. The summed E-state index contributed by atoms with van der Waals surface area (Å²) in [6, 6.07) is 4.42. The van der Waals surface area contributed by atoms with Crippen LogP contribution in [0.3, 0.4) is 0 Å². The van der Waals surface area contributed by atoms with E-state index >= 15 is 0 Å². The van der Waals surface area contributed by atoms with Crippen LogP contribution in [-0.4, -0.2) is 12.5 Å². The molecule has 0 heterocycles. The van der Waals surface area contributed by atoms with Crippen LogP contribution in [0.4, 0.5) is 0 Å². The molecular weight excluding hydrogens is 234 g/mol. The minimum Gasteiger partial charge on any atom is -0.355 e. The van der Waals surface area contributed by atoms with Gasteiger partial charge in [0.25, 0.3) is 0 Å². The lowest BCUT2D eigenvalue weighted by atomic mass is 9.89. The van der Waals surface area contributed by atoms with E-state index in [1.54, 1.807) is 0 Å². The van der Waals surface area contributed by atoms with Crippen molar-refractivity contribution in [2.75, 3.05) is 6.54 Å². The van der Waals surface area contributed by atoms with Crippen molar-refractivity contribution in [2.24, 2.45) is 5.41 Å². The summed E-state index contributed by atoms with van der Waals surface area (Å²) < 4.78 is 0. The van der Waals surface area contributed by atoms with Crippen molar-refractivity contribution >= 4 is 5.91 Å². The van der Waals surface area contributed by atoms with Crippen molar-refractivity contribution in [1.29, 1.82) is 0 Å². The number of carbonyl (C=O) groups is 1. The number of carbonyl (C=O) groups excluding carboxylic acids is 1. The number of aryl methyl sites for hydroxylation is 3. The monoisotopic (exact) mass is 261 g/mol. The SMILES string of the molecule is CCC(C)(C)C(=O)NCCc1c(C)cc(C)cc1C. The molecule has 0 radical (unpaired) electrons. The van der Waals surface area contributed by atoms with Crippen LogP contribution in [0.2, 0.25) is 0 Å². The molecule has 0 aliphatic carbocycles. The molecule has 1 aromatic carbocycles. The normalized spacial score (nSPS) is 11.5. The first kappa shape index (κ1) is 15.7. The fraction of sp³-hybridized carbons (Fsp3) is 0.588. The summed E-state index contributed by atoms with van der Waals surface area (Å²) >= 11 is 0. The zero-order valence-electron chi connectivity index (χ0n) is 13.2. The maximum Gasteiger partial charge on any atom is 0.225 e. The number of benzene rings is 1. The molecule has 0 aliphatic rings. The van der Waals surface area contributed by atoms with Gasteiger partial charge in [0.1, 0.15) is 0 Å². The van der Waals surface area contributed by atoms with E-state index in [0.29, 0.717) is 6.54 Å². The van der Waals surface area contributed by atoms with E-state index in [1.165, 1.54) is 22.3 Å². The van der Waals surface area contributed by atoms with Crippen LogP contribution < -0.4 is 5.32 Å². The molecule has 0 spiro atoms. The lowest BCUT2D eigenvalue weighted by molar-refractivity contribution is -0.129. The molecule has 0 unspecified atom stereocenters. The van der Waals surface area contributed by atoms with Crippen LogP contribution in [-0.2, 0) is 11.2 Å². The fourth-order valence-electron chi connectivity index (χ4n) is 2.31. The predicted octanol–water partition coefficient (Wildman–Crippen LogP) is 3.71. The van der Waals surface area contributed by atoms with E-state index in [1.807, 2.05) is 20.8 Å². The minimum atomic E-state index is -0.267. The molecule has 0 aromatic heterocycles. The Hall–Kier alpha value is -1.31. The molecule has 1 aromatic rings. The average Bonchev–Trinajstić information content (AvgIpc) is 2.32. The van der Waals surface area contributed by atoms with Crippen LogP contribution in [0.5, 0.6) is 0 Å². The number of hydrogen-bond acceptors (Lipinski definition) is 1. The Morgan fingerprint density at radius 2 is 1.68 bits per heavy atom. The Morgan fingerprint density at radius 1 is 1.16 bits per heavy atom. The highest BCUT2D eigenvalue weighted by Gasteiger charge is 2.24. The fourth-order valence-corrected chi connectivity index (χ4v) is 2.31. The van der Waals surface area contributed by atoms with Crippen molar-refractivity contribution < 1.29 is 4.79 Å². The van der Waals surface area contributed by atoms with Gasteiger partial charge in [0.2, 0.25) is 5.91 Å². The Kier molecular flexibility index (Phi) is 5.16. The second kappa shape index (κ2) is 6.23. The number of nitrogens with one attached hydrogen (secondary N) is 1. The molecule has 0 saturated carbocycles. The first-order valence-electron chi connectivity index (χ1n) is 7.13. The largest absolute Gasteiger partial charge is 0.355 e. The molecule has 0 atom stereocenters. The molecule has 1 N–H and O–H groups in total. The Labute approximate surface area is 117 Å². The molecule has 0 bridgehead atoms. The third-order valence-electron chi connectivity index (χ3n) is 4.00. The lowest BCUT2D eigenvalue weighted by Gasteiger charge is -2.21. The quantitative estimate of drug-likeness (QED) is 0.860. The van der Waals surface area contributed by atoms with Crippen molar-refractivity contribution in [3.63, 3.8) is 0 Å². The lowest BCUT2D eigenvalue weighted by Crippen LogP contribution is -2.37. The molecule has 0 fully saturated rings. The summed E-state index contributed by atoms with van der Waals surface area (Å²) in [4.78, 5) is 12.0. The van der Waals surface area contributed by atoms with Crippen LogP contribution in [0.1, 0.15) is 49.4 Å². The third kappa shape index (κ3) is 4.09. The van der Waals surface area contributed by atoms with Crippen molar-refractivity contribution in [1.82, 2.24) is 5.32 Å². The highest BCUT2D eigenvalue weighted by Crippen LogP contribution is 2.20. The van der Waals surface area contributed by atoms with E-state index in [0.717, 1.165) is 12.8 Å². The highest BCUT2D eigenvalue weighted by atomic mass is 16.2. The number of amides is 1. The minimum absolute atomic E-state index is 0.150. The summed E-state index contributed by atoms with van der Waals surface area (Å²) in [6.45, 7) is 13.2. The van der Waals surface area contributed by atoms with Crippen LogP contribution in [0, 0.1) is 26.2 Å². The zero-order valence-corrected chi connectivity index (χ0v) is 13.2. The predicted molar refractivity (Wildman–Crippen MR) is 81.4 cm³/mol. The first-order chi connectivity index (χ1) is 8.77. The maximum atomic E-state index is 12.0. The van der Waals surface area contributed by atoms with Gasteiger partial charge in [-0.3, -0.25) is 4.79 Å². The summed E-state index contributed by atoms with van der Waals surface area (Å²) in [5, 5.41) is 3.05. The van der Waals surface area contributed by atoms with Gasteiger partial charge in [-0.1, -0.05) is 38.5 Å². The van der Waals surface area contributed by atoms with E-state index in [4.69, 9.17) is 0 Å². The molecule has 2 heteroatoms. The van der Waals surface area contributed by atoms with Gasteiger partial charge in [0, 0.05) is 12.0 Å². The van der Waals surface area contributed by atoms with Crippen molar-refractivity contribution in [3.05, 3.63) is 34.4 Å². The van der Waals surface area contributed by atoms with E-state index in [9.17, 15) is 4.79 Å². The van der Waals surface area contributed by atoms with Gasteiger partial charge in [-0.05, 0) is 50.3 Å². The van der Waals surface area contributed by atoms with Gasteiger partial charge in [-0.15, -0.1) is 0 Å². The van der Waals surface area contributed by atoms with Gasteiger partial charge < -0.3 is 5.32 Å². The number of hydrogen-bond donors (Lipinski definition) is 1. The molecule has 2 nitrogen and oxygen atoms in total. The summed E-state index contributed by atoms with van der Waals surface area (Å²) in [6.07, 6.45) is 1.77. The molecule has 0 saturated heterocycles. The van der Waals surface area contributed by atoms with Gasteiger partial charge in [-0.25, -0.2) is 0 Å². The highest BCUT2D eigenvalue weighted by molar-refractivity contribution is 5.81. The number of rotatable bonds is 5. The van der Waals surface area contributed by atoms with Gasteiger partial charge in [0.05, 0.1) is 0 Å². The second-order valence-electron chi connectivity index (χ2n) is 6.12. The molecule has 1 amide bonds. The molecule has 1 rings (SSSR count). The van der Waals surface area contributed by atoms with E-state index in [-0.39, 0.29) is 11.3 Å². The van der Waals surface area contributed by atoms with Crippen LogP contribution in [0.15, 0.2) is 12.1 Å². The van der Waals surface area contributed by atoms with Crippen LogP contribution >= 0.6 is 0 Å². The Morgan fingerprint density at radius 3 is 2.16 bits per heavy atom. The second-order valence-corrected chi connectivity index (χ2v) is 6.12. The van der Waals surface area contributed by atoms with Gasteiger partial charge >= 0.3 is 0 Å². The smallest absolute Gasteiger partial charge is 0.225 e. The molecule has 0 aliphatic heterocycles. The van der Waals surface area contributed by atoms with Gasteiger partial charge in [-0.2, -0.15) is 0 Å². The van der Waals surface area contributed by atoms with Crippen molar-refractivity contribution in [3.8, 4) is 0 Å². The average molecular weight is 261 g/mol. The van der Waals surface area contributed by atoms with Gasteiger partial charge in [0.15, 0.2) is 0 Å². The van der Waals surface area contributed by atoms with E-state index in [2.05, 4.69) is 38.2 Å². The summed E-state index contributed by atoms with van der Waals surface area (Å²) in [5.74, 6) is 0.150. The molecule has 106 valence electrons. The Balaban J connectivity index is 2.62. The topological polar surface area (TPSA) is 29.1 Å². The summed E-state index contributed by atoms with van der Waals surface area (Å²) in [5.41, 5.74) is 5.04. The van der Waals surface area contributed by atoms with Crippen molar-refractivity contribution in [2.45, 2.75) is 54.4 Å². The summed E-state index contributed by atoms with van der Waals surface area (Å²) in [7, 11) is 0. The first-order valence-corrected chi connectivity index (χ1v) is 7.13. The molecular formula is C17H27NO. The maximum absolute atomic E-state index is 12.0. The Bertz CT molecular complexity index is 437. The van der Waals surface area contributed by atoms with E-state index < -0.39 is 0 Å². The van der Waals surface area contributed by atoms with Crippen LogP contribution in [0.25, 0.3) is 0 Å². The standard InChI is InChI=1S/C17H27NO/c1-7-17(5,6)16(19)18-9-8-15-13(3)10-12(2)11-14(15)4/h10-11H,7-9H2,1-6H3,(H,18,19).